The zero-order valence-electron chi connectivity index (χ0n) is 13.2. The molecular formula is C16H17N3O4S. The average molecular weight is 347 g/mol. The van der Waals surface area contributed by atoms with Gasteiger partial charge in [0.2, 0.25) is 0 Å². The summed E-state index contributed by atoms with van der Waals surface area (Å²) in [6.07, 6.45) is 0. The number of nitro groups is 1. The molecule has 2 aromatic carbocycles. The molecule has 0 saturated carbocycles. The van der Waals surface area contributed by atoms with Crippen LogP contribution in [0.15, 0.2) is 42.5 Å². The predicted molar refractivity (Wildman–Crippen MR) is 97.1 cm³/mol. The number of hydrogen-bond donors (Lipinski definition) is 2. The molecule has 2 N–H and O–H groups in total. The van der Waals surface area contributed by atoms with E-state index < -0.39 is 4.92 Å². The van der Waals surface area contributed by atoms with Crippen LogP contribution < -0.4 is 20.1 Å². The van der Waals surface area contributed by atoms with Crippen molar-refractivity contribution in [1.82, 2.24) is 0 Å². The summed E-state index contributed by atoms with van der Waals surface area (Å²) < 4.78 is 10.7. The normalized spacial score (nSPS) is 9.92. The van der Waals surface area contributed by atoms with Crippen LogP contribution in [0.5, 0.6) is 11.5 Å². The Morgan fingerprint density at radius 3 is 2.54 bits per heavy atom. The van der Waals surface area contributed by atoms with Crippen LogP contribution in [0.3, 0.4) is 0 Å². The minimum Gasteiger partial charge on any atom is -0.495 e. The molecule has 2 rings (SSSR count). The van der Waals surface area contributed by atoms with E-state index in [0.29, 0.717) is 29.5 Å². The molecule has 24 heavy (non-hydrogen) atoms. The van der Waals surface area contributed by atoms with Gasteiger partial charge in [-0.15, -0.1) is 0 Å². The molecular weight excluding hydrogens is 330 g/mol. The van der Waals surface area contributed by atoms with Crippen molar-refractivity contribution in [3.05, 3.63) is 52.6 Å². The minimum atomic E-state index is -0.481. The van der Waals surface area contributed by atoms with Gasteiger partial charge in [0.15, 0.2) is 5.11 Å². The molecule has 0 unspecified atom stereocenters. The van der Waals surface area contributed by atoms with Gasteiger partial charge in [0.25, 0.3) is 5.69 Å². The highest BCUT2D eigenvalue weighted by Crippen LogP contribution is 2.29. The zero-order valence-corrected chi connectivity index (χ0v) is 14.1. The first-order valence-electron chi connectivity index (χ1n) is 7.17. The summed E-state index contributed by atoms with van der Waals surface area (Å²) in [5, 5.41) is 17.1. The molecule has 0 saturated heterocycles. The second kappa shape index (κ2) is 8.11. The van der Waals surface area contributed by atoms with Gasteiger partial charge in [-0.25, -0.2) is 0 Å². The number of methoxy groups -OCH3 is 1. The highest BCUT2D eigenvalue weighted by Gasteiger charge is 2.13. The van der Waals surface area contributed by atoms with Gasteiger partial charge >= 0.3 is 0 Å². The zero-order chi connectivity index (χ0) is 17.5. The van der Waals surface area contributed by atoms with Crippen molar-refractivity contribution in [2.24, 2.45) is 0 Å². The van der Waals surface area contributed by atoms with Crippen LogP contribution in [-0.2, 0) is 0 Å². The first-order chi connectivity index (χ1) is 11.5. The summed E-state index contributed by atoms with van der Waals surface area (Å²) in [6.45, 7) is 2.42. The van der Waals surface area contributed by atoms with Crippen molar-refractivity contribution in [2.45, 2.75) is 6.92 Å². The van der Waals surface area contributed by atoms with Gasteiger partial charge in [0.1, 0.15) is 11.5 Å². The number of hydrogen-bond acceptors (Lipinski definition) is 5. The van der Waals surface area contributed by atoms with Crippen molar-refractivity contribution in [1.29, 1.82) is 0 Å². The molecule has 0 aliphatic carbocycles. The number of non-ortho nitro benzene ring substituents is 1. The van der Waals surface area contributed by atoms with Gasteiger partial charge < -0.3 is 20.1 Å². The number of nitrogens with zero attached hydrogens (tertiary/aromatic N) is 1. The van der Waals surface area contributed by atoms with Crippen molar-refractivity contribution in [2.75, 3.05) is 24.4 Å². The number of thiocarbonyl (C=S) groups is 1. The van der Waals surface area contributed by atoms with Crippen LogP contribution in [-0.4, -0.2) is 23.8 Å². The maximum Gasteiger partial charge on any atom is 0.271 e. The van der Waals surface area contributed by atoms with E-state index in [4.69, 9.17) is 21.7 Å². The summed E-state index contributed by atoms with van der Waals surface area (Å²) >= 11 is 5.28. The van der Waals surface area contributed by atoms with Crippen molar-refractivity contribution < 1.29 is 14.4 Å². The van der Waals surface area contributed by atoms with Gasteiger partial charge in [0.05, 0.1) is 30.0 Å². The summed E-state index contributed by atoms with van der Waals surface area (Å²) in [4.78, 5) is 10.4. The Hall–Kier alpha value is -2.87. The molecule has 0 atom stereocenters. The Balaban J connectivity index is 2.18. The van der Waals surface area contributed by atoms with Crippen molar-refractivity contribution in [3.63, 3.8) is 0 Å². The highest BCUT2D eigenvalue weighted by atomic mass is 32.1. The lowest BCUT2D eigenvalue weighted by Crippen LogP contribution is -2.20. The molecule has 0 heterocycles. The van der Waals surface area contributed by atoms with E-state index in [0.717, 1.165) is 0 Å². The number of rotatable bonds is 6. The van der Waals surface area contributed by atoms with Crippen LogP contribution in [0, 0.1) is 10.1 Å². The lowest BCUT2D eigenvalue weighted by Gasteiger charge is -2.15. The van der Waals surface area contributed by atoms with Gasteiger partial charge in [-0.3, -0.25) is 10.1 Å². The monoisotopic (exact) mass is 347 g/mol. The van der Waals surface area contributed by atoms with Gasteiger partial charge in [0, 0.05) is 12.1 Å². The second-order valence-corrected chi connectivity index (χ2v) is 5.06. The molecule has 126 valence electrons. The van der Waals surface area contributed by atoms with E-state index in [2.05, 4.69) is 10.6 Å². The fraction of sp³-hybridized carbons (Fsp3) is 0.188. The van der Waals surface area contributed by atoms with Crippen LogP contribution in [0.25, 0.3) is 0 Å². The number of para-hydroxylation sites is 2. The maximum atomic E-state index is 10.9. The molecule has 2 aromatic rings. The quantitative estimate of drug-likeness (QED) is 0.467. The third kappa shape index (κ3) is 4.32. The molecule has 0 radical (unpaired) electrons. The fourth-order valence-corrected chi connectivity index (χ4v) is 2.25. The fourth-order valence-electron chi connectivity index (χ4n) is 2.03. The first-order valence-corrected chi connectivity index (χ1v) is 7.58. The Bertz CT molecular complexity index is 752. The standard InChI is InChI=1S/C16H17N3O4S/c1-3-23-15-7-5-4-6-12(15)17-16(24)18-13-10-11(19(20)21)8-9-14(13)22-2/h4-10H,3H2,1-2H3,(H2,17,18,24). The molecule has 0 aromatic heterocycles. The molecule has 0 amide bonds. The predicted octanol–water partition coefficient (Wildman–Crippen LogP) is 3.81. The SMILES string of the molecule is CCOc1ccccc1NC(=S)Nc1cc([N+](=O)[O-])ccc1OC. The third-order valence-electron chi connectivity index (χ3n) is 3.08. The summed E-state index contributed by atoms with van der Waals surface area (Å²) in [5.41, 5.74) is 1.04. The summed E-state index contributed by atoms with van der Waals surface area (Å²) in [5.74, 6) is 1.11. The van der Waals surface area contributed by atoms with E-state index in [1.54, 1.807) is 0 Å². The molecule has 0 aliphatic rings. The third-order valence-corrected chi connectivity index (χ3v) is 3.28. The minimum absolute atomic E-state index is 0.0594. The second-order valence-electron chi connectivity index (χ2n) is 4.65. The lowest BCUT2D eigenvalue weighted by molar-refractivity contribution is -0.384. The molecule has 8 heteroatoms. The Kier molecular flexibility index (Phi) is 5.91. The Morgan fingerprint density at radius 2 is 1.88 bits per heavy atom. The van der Waals surface area contributed by atoms with Gasteiger partial charge in [-0.2, -0.15) is 0 Å². The maximum absolute atomic E-state index is 10.9. The summed E-state index contributed by atoms with van der Waals surface area (Å²) in [7, 11) is 1.48. The average Bonchev–Trinajstić information content (AvgIpc) is 2.56. The van der Waals surface area contributed by atoms with Gasteiger partial charge in [-0.1, -0.05) is 12.1 Å². The highest BCUT2D eigenvalue weighted by molar-refractivity contribution is 7.80. The Morgan fingerprint density at radius 1 is 1.17 bits per heavy atom. The Labute approximate surface area is 144 Å². The van der Waals surface area contributed by atoms with Crippen molar-refractivity contribution >= 4 is 34.4 Å². The van der Waals surface area contributed by atoms with Crippen LogP contribution >= 0.6 is 12.2 Å². The summed E-state index contributed by atoms with van der Waals surface area (Å²) in [6, 6.07) is 11.6. The molecule has 0 bridgehead atoms. The van der Waals surface area contributed by atoms with E-state index in [1.807, 2.05) is 31.2 Å². The van der Waals surface area contributed by atoms with E-state index in [1.165, 1.54) is 25.3 Å². The number of nitrogens with one attached hydrogen (secondary N) is 2. The van der Waals surface area contributed by atoms with Crippen LogP contribution in [0.1, 0.15) is 6.92 Å². The number of anilines is 2. The first kappa shape index (κ1) is 17.5. The number of nitro benzene ring substituents is 1. The topological polar surface area (TPSA) is 85.7 Å². The van der Waals surface area contributed by atoms with Crippen molar-refractivity contribution in [3.8, 4) is 11.5 Å². The van der Waals surface area contributed by atoms with Gasteiger partial charge in [-0.05, 0) is 37.3 Å². The number of ether oxygens (including phenoxy) is 2. The van der Waals surface area contributed by atoms with E-state index in [-0.39, 0.29) is 10.8 Å². The van der Waals surface area contributed by atoms with Crippen LogP contribution in [0.2, 0.25) is 0 Å². The molecule has 7 nitrogen and oxygen atoms in total. The largest absolute Gasteiger partial charge is 0.495 e. The molecule has 0 aliphatic heterocycles. The molecule has 0 spiro atoms. The molecule has 0 fully saturated rings. The van der Waals surface area contributed by atoms with Crippen LogP contribution in [0.4, 0.5) is 17.1 Å². The lowest BCUT2D eigenvalue weighted by atomic mass is 10.2. The smallest absolute Gasteiger partial charge is 0.271 e. The number of benzene rings is 2. The van der Waals surface area contributed by atoms with E-state index in [9.17, 15) is 10.1 Å². The van der Waals surface area contributed by atoms with E-state index >= 15 is 0 Å².